The number of hydrogen-bond acceptors (Lipinski definition) is 4. The topological polar surface area (TPSA) is 72.2 Å². The molecule has 5 heterocycles. The molecule has 0 saturated carbocycles. The molecule has 28 heavy (non-hydrogen) atoms. The summed E-state index contributed by atoms with van der Waals surface area (Å²) in [6, 6.07) is 4.07. The van der Waals surface area contributed by atoms with Gasteiger partial charge in [-0.2, -0.15) is 0 Å². The summed E-state index contributed by atoms with van der Waals surface area (Å²) in [7, 11) is 0. The number of carbonyl (C=O) groups is 1. The molecular weight excluding hydrogens is 354 g/mol. The van der Waals surface area contributed by atoms with Gasteiger partial charge in [-0.05, 0) is 43.9 Å². The first-order valence-electron chi connectivity index (χ1n) is 10.4. The average molecular weight is 381 g/mol. The third kappa shape index (κ3) is 3.07. The van der Waals surface area contributed by atoms with Crippen LogP contribution < -0.4 is 10.9 Å². The largest absolute Gasteiger partial charge is 0.343 e. The number of amides is 1. The van der Waals surface area contributed by atoms with Crippen LogP contribution >= 0.6 is 0 Å². The zero-order valence-electron chi connectivity index (χ0n) is 16.1. The summed E-state index contributed by atoms with van der Waals surface area (Å²) in [6.45, 7) is 5.16. The van der Waals surface area contributed by atoms with Crippen LogP contribution in [0.5, 0.6) is 0 Å². The summed E-state index contributed by atoms with van der Waals surface area (Å²) < 4.78 is 4.03. The lowest BCUT2D eigenvalue weighted by atomic mass is 9.84. The van der Waals surface area contributed by atoms with Crippen molar-refractivity contribution in [3.63, 3.8) is 0 Å². The van der Waals surface area contributed by atoms with E-state index in [-0.39, 0.29) is 11.5 Å². The lowest BCUT2D eigenvalue weighted by molar-refractivity contribution is -0.127. The molecule has 2 aromatic heterocycles. The zero-order valence-corrected chi connectivity index (χ0v) is 16.1. The van der Waals surface area contributed by atoms with Gasteiger partial charge in [0.1, 0.15) is 5.82 Å². The van der Waals surface area contributed by atoms with Crippen LogP contribution in [0, 0.1) is 5.92 Å². The van der Waals surface area contributed by atoms with Crippen LogP contribution in [-0.4, -0.2) is 51.1 Å². The van der Waals surface area contributed by atoms with E-state index in [4.69, 9.17) is 0 Å². The SMILES string of the molecule is O=C1CCCN1CCCn1ccnc1-c1ccc2n(c1=O)C[C@@H]1CNC[C@H]2C1. The molecule has 0 spiro atoms. The summed E-state index contributed by atoms with van der Waals surface area (Å²) in [5.74, 6) is 1.98. The zero-order chi connectivity index (χ0) is 19.1. The first kappa shape index (κ1) is 17.7. The standard InChI is InChI=1S/C21H27N5O2/c27-19-3-1-7-24(19)8-2-9-25-10-6-23-20(25)17-4-5-18-16-11-15(12-22-13-16)14-26(18)21(17)28/h4-6,10,15-16,22H,1-3,7-9,11-14H2/t15-,16+/m0/s1. The van der Waals surface area contributed by atoms with Gasteiger partial charge in [0.2, 0.25) is 5.91 Å². The number of piperidine rings is 1. The molecule has 2 aromatic rings. The summed E-state index contributed by atoms with van der Waals surface area (Å²) >= 11 is 0. The normalized spacial score (nSPS) is 23.9. The highest BCUT2D eigenvalue weighted by atomic mass is 16.2. The van der Waals surface area contributed by atoms with Gasteiger partial charge in [-0.1, -0.05) is 0 Å². The number of rotatable bonds is 5. The van der Waals surface area contributed by atoms with Crippen molar-refractivity contribution in [3.05, 3.63) is 40.6 Å². The number of nitrogens with zero attached hydrogens (tertiary/aromatic N) is 4. The maximum absolute atomic E-state index is 13.3. The van der Waals surface area contributed by atoms with Crippen molar-refractivity contribution in [1.82, 2.24) is 24.3 Å². The Kier molecular flexibility index (Phi) is 4.55. The van der Waals surface area contributed by atoms with E-state index in [0.717, 1.165) is 63.6 Å². The second kappa shape index (κ2) is 7.20. The Labute approximate surface area is 164 Å². The van der Waals surface area contributed by atoms with Gasteiger partial charge in [-0.15, -0.1) is 0 Å². The molecule has 1 amide bonds. The monoisotopic (exact) mass is 381 g/mol. The Balaban J connectivity index is 1.37. The van der Waals surface area contributed by atoms with Gasteiger partial charge in [0, 0.05) is 63.2 Å². The van der Waals surface area contributed by atoms with Gasteiger partial charge in [0.15, 0.2) is 0 Å². The Bertz CT molecular complexity index is 947. The van der Waals surface area contributed by atoms with Crippen LogP contribution in [0.25, 0.3) is 11.4 Å². The van der Waals surface area contributed by atoms with E-state index in [1.54, 1.807) is 6.20 Å². The fourth-order valence-corrected chi connectivity index (χ4v) is 5.07. The number of imidazole rings is 1. The molecule has 7 heteroatoms. The number of hydrogen-bond donors (Lipinski definition) is 1. The van der Waals surface area contributed by atoms with E-state index in [1.807, 2.05) is 21.7 Å². The first-order chi connectivity index (χ1) is 13.7. The maximum atomic E-state index is 13.3. The first-order valence-corrected chi connectivity index (χ1v) is 10.4. The molecule has 2 saturated heterocycles. The average Bonchev–Trinajstić information content (AvgIpc) is 3.32. The van der Waals surface area contributed by atoms with Crippen molar-refractivity contribution < 1.29 is 4.79 Å². The van der Waals surface area contributed by atoms with Crippen LogP contribution in [0.15, 0.2) is 29.3 Å². The molecule has 148 valence electrons. The second-order valence-electron chi connectivity index (χ2n) is 8.33. The Morgan fingerprint density at radius 3 is 2.96 bits per heavy atom. The highest BCUT2D eigenvalue weighted by Gasteiger charge is 2.31. The molecule has 0 radical (unpaired) electrons. The predicted octanol–water partition coefficient (Wildman–Crippen LogP) is 1.43. The number of fused-ring (bicyclic) bond motifs is 4. The van der Waals surface area contributed by atoms with Crippen LogP contribution in [0.3, 0.4) is 0 Å². The minimum absolute atomic E-state index is 0.0799. The maximum Gasteiger partial charge on any atom is 0.261 e. The van der Waals surface area contributed by atoms with E-state index in [1.165, 1.54) is 6.42 Å². The van der Waals surface area contributed by atoms with Crippen molar-refractivity contribution in [2.45, 2.75) is 44.7 Å². The number of aryl methyl sites for hydroxylation is 1. The Hall–Kier alpha value is -2.41. The summed E-state index contributed by atoms with van der Waals surface area (Å²) in [5.41, 5.74) is 1.91. The summed E-state index contributed by atoms with van der Waals surface area (Å²) in [4.78, 5) is 31.5. The second-order valence-corrected chi connectivity index (χ2v) is 8.33. The number of likely N-dealkylation sites (tertiary alicyclic amines) is 1. The van der Waals surface area contributed by atoms with Crippen LogP contribution in [0.4, 0.5) is 0 Å². The third-order valence-electron chi connectivity index (χ3n) is 6.46. The molecule has 0 aromatic carbocycles. The highest BCUT2D eigenvalue weighted by Crippen LogP contribution is 2.32. The summed E-state index contributed by atoms with van der Waals surface area (Å²) in [6.07, 6.45) is 7.40. The number of carbonyl (C=O) groups excluding carboxylic acids is 1. The van der Waals surface area contributed by atoms with E-state index in [0.29, 0.717) is 23.8 Å². The van der Waals surface area contributed by atoms with Crippen LogP contribution in [-0.2, 0) is 17.9 Å². The van der Waals surface area contributed by atoms with Crippen molar-refractivity contribution in [2.24, 2.45) is 5.92 Å². The molecule has 2 atom stereocenters. The van der Waals surface area contributed by atoms with E-state index < -0.39 is 0 Å². The molecule has 0 aliphatic carbocycles. The lowest BCUT2D eigenvalue weighted by Gasteiger charge is -2.37. The molecule has 3 aliphatic heterocycles. The van der Waals surface area contributed by atoms with Crippen LogP contribution in [0.1, 0.15) is 37.3 Å². The summed E-state index contributed by atoms with van der Waals surface area (Å²) in [5, 5.41) is 3.49. The minimum Gasteiger partial charge on any atom is -0.343 e. The number of aromatic nitrogens is 3. The fraction of sp³-hybridized carbons (Fsp3) is 0.571. The van der Waals surface area contributed by atoms with Crippen molar-refractivity contribution in [2.75, 3.05) is 26.2 Å². The molecule has 3 aliphatic rings. The van der Waals surface area contributed by atoms with Gasteiger partial charge in [-0.3, -0.25) is 9.59 Å². The lowest BCUT2D eigenvalue weighted by Crippen LogP contribution is -2.45. The highest BCUT2D eigenvalue weighted by molar-refractivity contribution is 5.78. The third-order valence-corrected chi connectivity index (χ3v) is 6.46. The van der Waals surface area contributed by atoms with Gasteiger partial charge < -0.3 is 19.4 Å². The van der Waals surface area contributed by atoms with Crippen molar-refractivity contribution >= 4 is 5.91 Å². The van der Waals surface area contributed by atoms with Gasteiger partial charge in [0.25, 0.3) is 5.56 Å². The quantitative estimate of drug-likeness (QED) is 0.851. The smallest absolute Gasteiger partial charge is 0.261 e. The van der Waals surface area contributed by atoms with Gasteiger partial charge in [-0.25, -0.2) is 4.98 Å². The molecule has 5 rings (SSSR count). The number of pyridine rings is 1. The predicted molar refractivity (Wildman–Crippen MR) is 106 cm³/mol. The molecular formula is C21H27N5O2. The Morgan fingerprint density at radius 2 is 2.11 bits per heavy atom. The minimum atomic E-state index is 0.0799. The molecule has 7 nitrogen and oxygen atoms in total. The molecule has 2 bridgehead atoms. The van der Waals surface area contributed by atoms with Crippen molar-refractivity contribution in [3.8, 4) is 11.4 Å². The van der Waals surface area contributed by atoms with Crippen molar-refractivity contribution in [1.29, 1.82) is 0 Å². The molecule has 1 N–H and O–H groups in total. The molecule has 2 fully saturated rings. The molecule has 0 unspecified atom stereocenters. The number of nitrogens with one attached hydrogen (secondary N) is 1. The van der Waals surface area contributed by atoms with E-state index in [2.05, 4.69) is 20.9 Å². The van der Waals surface area contributed by atoms with Crippen LogP contribution in [0.2, 0.25) is 0 Å². The van der Waals surface area contributed by atoms with Gasteiger partial charge in [0.05, 0.1) is 5.56 Å². The van der Waals surface area contributed by atoms with E-state index in [9.17, 15) is 9.59 Å². The van der Waals surface area contributed by atoms with Gasteiger partial charge >= 0.3 is 0 Å². The fourth-order valence-electron chi connectivity index (χ4n) is 5.07. The Morgan fingerprint density at radius 1 is 1.18 bits per heavy atom. The van der Waals surface area contributed by atoms with E-state index >= 15 is 0 Å².